The summed E-state index contributed by atoms with van der Waals surface area (Å²) in [6.07, 6.45) is 5.20. The summed E-state index contributed by atoms with van der Waals surface area (Å²) in [5.74, 6) is 3.48. The van der Waals surface area contributed by atoms with Crippen molar-refractivity contribution in [1.82, 2.24) is 20.1 Å². The first-order chi connectivity index (χ1) is 14.6. The van der Waals surface area contributed by atoms with Crippen LogP contribution in [0.15, 0.2) is 34.7 Å². The van der Waals surface area contributed by atoms with Crippen LogP contribution in [0, 0.1) is 13.8 Å². The van der Waals surface area contributed by atoms with Crippen molar-refractivity contribution in [2.45, 2.75) is 59.1 Å². The standard InChI is InChI=1S/C23H28N4O3/c1-16-7-9-19(17(2)14-16)29-15-18-8-10-20(30-18)23(28)24-12-11-22-26-25-21-6-4-3-5-13-27(21)22/h7-10,14H,3-6,11-13,15H2,1-2H3,(H,24,28). The summed E-state index contributed by atoms with van der Waals surface area (Å²) >= 11 is 0. The summed E-state index contributed by atoms with van der Waals surface area (Å²) in [5, 5.41) is 11.5. The van der Waals surface area contributed by atoms with Crippen LogP contribution in [0.2, 0.25) is 0 Å². The predicted octanol–water partition coefficient (Wildman–Crippen LogP) is 3.77. The number of aryl methyl sites for hydroxylation is 3. The number of furan rings is 1. The number of hydrogen-bond donors (Lipinski definition) is 1. The van der Waals surface area contributed by atoms with E-state index in [9.17, 15) is 4.79 Å². The second-order valence-electron chi connectivity index (χ2n) is 7.82. The van der Waals surface area contributed by atoms with Crippen LogP contribution in [-0.2, 0) is 26.0 Å². The number of nitrogens with one attached hydrogen (secondary N) is 1. The van der Waals surface area contributed by atoms with Gasteiger partial charge in [0.25, 0.3) is 5.91 Å². The number of hydrogen-bond acceptors (Lipinski definition) is 5. The molecule has 7 nitrogen and oxygen atoms in total. The molecular weight excluding hydrogens is 380 g/mol. The molecule has 0 radical (unpaired) electrons. The third-order valence-electron chi connectivity index (χ3n) is 5.41. The van der Waals surface area contributed by atoms with Crippen LogP contribution in [-0.4, -0.2) is 27.2 Å². The van der Waals surface area contributed by atoms with Crippen molar-refractivity contribution in [2.24, 2.45) is 0 Å². The van der Waals surface area contributed by atoms with Crippen molar-refractivity contribution < 1.29 is 13.9 Å². The number of fused-ring (bicyclic) bond motifs is 1. The van der Waals surface area contributed by atoms with Gasteiger partial charge in [0.15, 0.2) is 5.76 Å². The fraction of sp³-hybridized carbons (Fsp3) is 0.435. The van der Waals surface area contributed by atoms with E-state index in [1.165, 1.54) is 18.4 Å². The second-order valence-corrected chi connectivity index (χ2v) is 7.82. The van der Waals surface area contributed by atoms with Gasteiger partial charge in [0, 0.05) is 25.9 Å². The number of carbonyl (C=O) groups excluding carboxylic acids is 1. The molecule has 1 aliphatic heterocycles. The van der Waals surface area contributed by atoms with Gasteiger partial charge >= 0.3 is 0 Å². The fourth-order valence-corrected chi connectivity index (χ4v) is 3.79. The van der Waals surface area contributed by atoms with Crippen LogP contribution in [0.1, 0.15) is 58.4 Å². The van der Waals surface area contributed by atoms with Gasteiger partial charge in [-0.1, -0.05) is 24.1 Å². The van der Waals surface area contributed by atoms with E-state index in [0.29, 0.717) is 18.7 Å². The molecule has 30 heavy (non-hydrogen) atoms. The van der Waals surface area contributed by atoms with Gasteiger partial charge in [-0.25, -0.2) is 0 Å². The largest absolute Gasteiger partial charge is 0.485 e. The number of benzene rings is 1. The summed E-state index contributed by atoms with van der Waals surface area (Å²) in [7, 11) is 0. The summed E-state index contributed by atoms with van der Waals surface area (Å²) in [6.45, 7) is 5.80. The Morgan fingerprint density at radius 1 is 1.17 bits per heavy atom. The SMILES string of the molecule is Cc1ccc(OCc2ccc(C(=O)NCCc3nnc4n3CCCCC4)o2)c(C)c1. The molecule has 0 spiro atoms. The van der Waals surface area contributed by atoms with E-state index >= 15 is 0 Å². The summed E-state index contributed by atoms with van der Waals surface area (Å²) < 4.78 is 13.7. The Morgan fingerprint density at radius 3 is 2.93 bits per heavy atom. The molecule has 0 aliphatic carbocycles. The third-order valence-corrected chi connectivity index (χ3v) is 5.41. The molecule has 1 aliphatic rings. The molecule has 158 valence electrons. The van der Waals surface area contributed by atoms with E-state index in [-0.39, 0.29) is 18.3 Å². The lowest BCUT2D eigenvalue weighted by molar-refractivity contribution is 0.0922. The number of carbonyl (C=O) groups is 1. The zero-order chi connectivity index (χ0) is 20.9. The Morgan fingerprint density at radius 2 is 2.07 bits per heavy atom. The van der Waals surface area contributed by atoms with Crippen LogP contribution in [0.25, 0.3) is 0 Å². The molecule has 1 amide bonds. The van der Waals surface area contributed by atoms with Crippen LogP contribution < -0.4 is 10.1 Å². The van der Waals surface area contributed by atoms with E-state index < -0.39 is 0 Å². The van der Waals surface area contributed by atoms with Gasteiger partial charge in [-0.15, -0.1) is 10.2 Å². The maximum absolute atomic E-state index is 12.4. The fourth-order valence-electron chi connectivity index (χ4n) is 3.79. The topological polar surface area (TPSA) is 82.2 Å². The molecule has 0 saturated carbocycles. The molecule has 2 aromatic heterocycles. The smallest absolute Gasteiger partial charge is 0.287 e. The number of amides is 1. The lowest BCUT2D eigenvalue weighted by atomic mass is 10.1. The van der Waals surface area contributed by atoms with Crippen LogP contribution in [0.3, 0.4) is 0 Å². The maximum atomic E-state index is 12.4. The molecule has 0 unspecified atom stereocenters. The van der Waals surface area contributed by atoms with Crippen molar-refractivity contribution in [3.05, 3.63) is 64.6 Å². The molecule has 3 heterocycles. The third kappa shape index (κ3) is 4.72. The molecule has 0 fully saturated rings. The van der Waals surface area contributed by atoms with Crippen LogP contribution >= 0.6 is 0 Å². The molecule has 3 aromatic rings. The Kier molecular flexibility index (Phi) is 6.16. The lowest BCUT2D eigenvalue weighted by Gasteiger charge is -2.08. The minimum atomic E-state index is -0.233. The highest BCUT2D eigenvalue weighted by molar-refractivity contribution is 5.91. The number of ether oxygens (including phenoxy) is 1. The molecule has 1 aromatic carbocycles. The number of aromatic nitrogens is 3. The zero-order valence-electron chi connectivity index (χ0n) is 17.6. The summed E-state index contributed by atoms with van der Waals surface area (Å²) in [4.78, 5) is 12.4. The predicted molar refractivity (Wildman–Crippen MR) is 113 cm³/mol. The maximum Gasteiger partial charge on any atom is 0.287 e. The molecule has 0 bridgehead atoms. The average molecular weight is 409 g/mol. The molecule has 4 rings (SSSR count). The number of nitrogens with zero attached hydrogens (tertiary/aromatic N) is 3. The van der Waals surface area contributed by atoms with Gasteiger partial charge in [0.1, 0.15) is 29.8 Å². The quantitative estimate of drug-likeness (QED) is 0.644. The van der Waals surface area contributed by atoms with Gasteiger partial charge in [-0.05, 0) is 50.5 Å². The van der Waals surface area contributed by atoms with Crippen molar-refractivity contribution in [1.29, 1.82) is 0 Å². The van der Waals surface area contributed by atoms with Gasteiger partial charge in [0.2, 0.25) is 0 Å². The molecule has 7 heteroatoms. The first-order valence-electron chi connectivity index (χ1n) is 10.6. The monoisotopic (exact) mass is 408 g/mol. The lowest BCUT2D eigenvalue weighted by Crippen LogP contribution is -2.26. The van der Waals surface area contributed by atoms with Crippen molar-refractivity contribution in [2.75, 3.05) is 6.54 Å². The van der Waals surface area contributed by atoms with E-state index in [2.05, 4.69) is 26.1 Å². The van der Waals surface area contributed by atoms with E-state index in [0.717, 1.165) is 42.3 Å². The van der Waals surface area contributed by atoms with Crippen molar-refractivity contribution in [3.63, 3.8) is 0 Å². The van der Waals surface area contributed by atoms with Crippen LogP contribution in [0.4, 0.5) is 0 Å². The van der Waals surface area contributed by atoms with E-state index in [1.54, 1.807) is 12.1 Å². The highest BCUT2D eigenvalue weighted by Gasteiger charge is 2.16. The summed E-state index contributed by atoms with van der Waals surface area (Å²) in [5.41, 5.74) is 2.27. The first-order valence-corrected chi connectivity index (χ1v) is 10.6. The number of rotatable bonds is 7. The Hall–Kier alpha value is -3.09. The normalized spacial score (nSPS) is 13.5. The van der Waals surface area contributed by atoms with Gasteiger partial charge in [-0.2, -0.15) is 0 Å². The summed E-state index contributed by atoms with van der Waals surface area (Å²) in [6, 6.07) is 9.49. The molecular formula is C23H28N4O3. The minimum absolute atomic E-state index is 0.233. The highest BCUT2D eigenvalue weighted by Crippen LogP contribution is 2.20. The Balaban J connectivity index is 1.27. The first kappa shape index (κ1) is 20.2. The van der Waals surface area contributed by atoms with E-state index in [4.69, 9.17) is 9.15 Å². The molecule has 0 saturated heterocycles. The molecule has 1 N–H and O–H groups in total. The Bertz CT molecular complexity index is 1020. The van der Waals surface area contributed by atoms with Gasteiger partial charge < -0.3 is 19.0 Å². The average Bonchev–Trinajstić information content (AvgIpc) is 3.28. The highest BCUT2D eigenvalue weighted by atomic mass is 16.5. The Labute approximate surface area is 176 Å². The van der Waals surface area contributed by atoms with Gasteiger partial charge in [-0.3, -0.25) is 4.79 Å². The minimum Gasteiger partial charge on any atom is -0.485 e. The van der Waals surface area contributed by atoms with Gasteiger partial charge in [0.05, 0.1) is 0 Å². The van der Waals surface area contributed by atoms with Crippen LogP contribution in [0.5, 0.6) is 5.75 Å². The second kappa shape index (κ2) is 9.15. The van der Waals surface area contributed by atoms with E-state index in [1.807, 2.05) is 26.0 Å². The van der Waals surface area contributed by atoms with Crippen molar-refractivity contribution in [3.8, 4) is 5.75 Å². The molecule has 0 atom stereocenters. The zero-order valence-corrected chi connectivity index (χ0v) is 17.6. The van der Waals surface area contributed by atoms with Crippen molar-refractivity contribution >= 4 is 5.91 Å².